The van der Waals surface area contributed by atoms with E-state index in [1.165, 1.54) is 12.3 Å². The Kier molecular flexibility index (Phi) is 4.75. The van der Waals surface area contributed by atoms with Crippen LogP contribution in [0.3, 0.4) is 0 Å². The summed E-state index contributed by atoms with van der Waals surface area (Å²) in [4.78, 5) is 30.4. The number of pyridine rings is 1. The summed E-state index contributed by atoms with van der Waals surface area (Å²) in [5, 5.41) is 10.7. The van der Waals surface area contributed by atoms with E-state index < -0.39 is 4.92 Å². The summed E-state index contributed by atoms with van der Waals surface area (Å²) in [6.07, 6.45) is 2.92. The van der Waals surface area contributed by atoms with Crippen molar-refractivity contribution in [3.8, 4) is 0 Å². The smallest absolute Gasteiger partial charge is 0.287 e. The molecule has 1 saturated heterocycles. The van der Waals surface area contributed by atoms with Crippen molar-refractivity contribution in [2.75, 3.05) is 31.1 Å². The number of anilines is 1. The number of allylic oxidation sites excluding steroid dienone is 1. The Bertz CT molecular complexity index is 615. The fourth-order valence-corrected chi connectivity index (χ4v) is 2.46. The van der Waals surface area contributed by atoms with E-state index in [-0.39, 0.29) is 11.6 Å². The molecule has 2 rings (SSSR count). The van der Waals surface area contributed by atoms with E-state index in [9.17, 15) is 14.9 Å². The Labute approximate surface area is 129 Å². The van der Waals surface area contributed by atoms with Crippen LogP contribution in [0.25, 0.3) is 0 Å². The molecule has 0 bridgehead atoms. The highest BCUT2D eigenvalue weighted by Gasteiger charge is 2.22. The Morgan fingerprint density at radius 2 is 1.95 bits per heavy atom. The van der Waals surface area contributed by atoms with Gasteiger partial charge in [-0.25, -0.2) is 4.98 Å². The predicted octanol–water partition coefficient (Wildman–Crippen LogP) is 1.91. The number of amides is 1. The molecule has 0 atom stereocenters. The highest BCUT2D eigenvalue weighted by atomic mass is 16.6. The topological polar surface area (TPSA) is 79.6 Å². The molecule has 7 heteroatoms. The van der Waals surface area contributed by atoms with E-state index in [0.29, 0.717) is 26.2 Å². The minimum absolute atomic E-state index is 0.00128. The van der Waals surface area contributed by atoms with Crippen molar-refractivity contribution in [3.63, 3.8) is 0 Å². The number of hydrogen-bond donors (Lipinski definition) is 0. The third-order valence-electron chi connectivity index (χ3n) is 3.55. The second-order valence-electron chi connectivity index (χ2n) is 5.63. The van der Waals surface area contributed by atoms with Gasteiger partial charge in [0, 0.05) is 38.3 Å². The van der Waals surface area contributed by atoms with Crippen LogP contribution in [0.4, 0.5) is 11.5 Å². The molecule has 22 heavy (non-hydrogen) atoms. The zero-order valence-electron chi connectivity index (χ0n) is 13.1. The van der Waals surface area contributed by atoms with Crippen LogP contribution in [0.1, 0.15) is 19.4 Å². The molecule has 1 aromatic heterocycles. The van der Waals surface area contributed by atoms with Gasteiger partial charge in [-0.05, 0) is 26.3 Å². The Morgan fingerprint density at radius 1 is 1.32 bits per heavy atom. The van der Waals surface area contributed by atoms with Crippen molar-refractivity contribution in [1.82, 2.24) is 9.88 Å². The molecule has 2 heterocycles. The maximum absolute atomic E-state index is 12.0. The molecular weight excluding hydrogens is 284 g/mol. The second kappa shape index (κ2) is 6.55. The van der Waals surface area contributed by atoms with Crippen molar-refractivity contribution in [3.05, 3.63) is 39.6 Å². The Balaban J connectivity index is 2.04. The largest absolute Gasteiger partial charge is 0.353 e. The van der Waals surface area contributed by atoms with Crippen LogP contribution < -0.4 is 4.90 Å². The van der Waals surface area contributed by atoms with Crippen LogP contribution in [0.2, 0.25) is 0 Å². The third kappa shape index (κ3) is 3.60. The van der Waals surface area contributed by atoms with Gasteiger partial charge in [-0.2, -0.15) is 0 Å². The molecule has 1 amide bonds. The number of nitrogens with zero attached hydrogens (tertiary/aromatic N) is 4. The van der Waals surface area contributed by atoms with Crippen molar-refractivity contribution in [2.45, 2.75) is 20.8 Å². The van der Waals surface area contributed by atoms with Gasteiger partial charge < -0.3 is 9.80 Å². The number of carbonyl (C=O) groups excluding carboxylic acids is 1. The molecule has 118 valence electrons. The Morgan fingerprint density at radius 3 is 2.45 bits per heavy atom. The lowest BCUT2D eigenvalue weighted by molar-refractivity contribution is -0.385. The van der Waals surface area contributed by atoms with Gasteiger partial charge in [-0.3, -0.25) is 14.9 Å². The average Bonchev–Trinajstić information content (AvgIpc) is 2.46. The number of hydrogen-bond acceptors (Lipinski definition) is 5. The quantitative estimate of drug-likeness (QED) is 0.484. The summed E-state index contributed by atoms with van der Waals surface area (Å²) in [5.41, 5.74) is 1.76. The van der Waals surface area contributed by atoms with Crippen LogP contribution in [0.5, 0.6) is 0 Å². The molecule has 1 fully saturated rings. The molecular formula is C15H20N4O3. The van der Waals surface area contributed by atoms with Crippen molar-refractivity contribution < 1.29 is 9.72 Å². The lowest BCUT2D eigenvalue weighted by Crippen LogP contribution is -2.48. The number of nitro groups is 1. The number of carbonyl (C=O) groups is 1. The average molecular weight is 304 g/mol. The molecule has 1 aliphatic heterocycles. The zero-order valence-corrected chi connectivity index (χ0v) is 13.1. The van der Waals surface area contributed by atoms with E-state index in [0.717, 1.165) is 17.0 Å². The van der Waals surface area contributed by atoms with Gasteiger partial charge in [0.25, 0.3) is 5.69 Å². The minimum Gasteiger partial charge on any atom is -0.353 e. The molecule has 0 saturated carbocycles. The van der Waals surface area contributed by atoms with Crippen molar-refractivity contribution >= 4 is 17.4 Å². The molecule has 0 N–H and O–H groups in total. The van der Waals surface area contributed by atoms with Gasteiger partial charge >= 0.3 is 0 Å². The number of aryl methyl sites for hydroxylation is 1. The molecule has 1 aromatic rings. The minimum atomic E-state index is -0.445. The molecule has 1 aliphatic rings. The van der Waals surface area contributed by atoms with Gasteiger partial charge in [0.1, 0.15) is 12.0 Å². The monoisotopic (exact) mass is 304 g/mol. The van der Waals surface area contributed by atoms with Crippen molar-refractivity contribution in [2.24, 2.45) is 0 Å². The molecule has 0 aromatic carbocycles. The van der Waals surface area contributed by atoms with E-state index >= 15 is 0 Å². The highest BCUT2D eigenvalue weighted by molar-refractivity contribution is 5.88. The summed E-state index contributed by atoms with van der Waals surface area (Å²) >= 11 is 0. The maximum atomic E-state index is 12.0. The van der Waals surface area contributed by atoms with Crippen LogP contribution in [-0.4, -0.2) is 46.9 Å². The molecule has 0 radical (unpaired) electrons. The standard InChI is InChI=1S/C15H20N4O3/c1-11(2)8-14(20)17-4-6-18(7-5-17)15-12(3)9-13(10-16-15)19(21)22/h8-10H,4-7H2,1-3H3. The number of piperazine rings is 1. The first kappa shape index (κ1) is 15.9. The molecule has 0 unspecified atom stereocenters. The fraction of sp³-hybridized carbons (Fsp3) is 0.467. The Hall–Kier alpha value is -2.44. The lowest BCUT2D eigenvalue weighted by atomic mass is 10.2. The highest BCUT2D eigenvalue weighted by Crippen LogP contribution is 2.22. The summed E-state index contributed by atoms with van der Waals surface area (Å²) in [6.45, 7) is 8.22. The molecule has 0 aliphatic carbocycles. The summed E-state index contributed by atoms with van der Waals surface area (Å²) in [5.74, 6) is 0.785. The van der Waals surface area contributed by atoms with E-state index in [2.05, 4.69) is 9.88 Å². The van der Waals surface area contributed by atoms with E-state index in [4.69, 9.17) is 0 Å². The number of rotatable bonds is 3. The first-order chi connectivity index (χ1) is 10.4. The number of aromatic nitrogens is 1. The summed E-state index contributed by atoms with van der Waals surface area (Å²) < 4.78 is 0. The van der Waals surface area contributed by atoms with Crippen LogP contribution in [0.15, 0.2) is 23.9 Å². The van der Waals surface area contributed by atoms with Crippen molar-refractivity contribution in [1.29, 1.82) is 0 Å². The van der Waals surface area contributed by atoms with Gasteiger partial charge in [-0.15, -0.1) is 0 Å². The summed E-state index contributed by atoms with van der Waals surface area (Å²) in [6, 6.07) is 1.53. The molecule has 0 spiro atoms. The SMILES string of the molecule is CC(C)=CC(=O)N1CCN(c2ncc([N+](=O)[O-])cc2C)CC1. The van der Waals surface area contributed by atoms with E-state index in [1.807, 2.05) is 25.7 Å². The maximum Gasteiger partial charge on any atom is 0.287 e. The van der Waals surface area contributed by atoms with Crippen LogP contribution >= 0.6 is 0 Å². The van der Waals surface area contributed by atoms with E-state index in [1.54, 1.807) is 6.08 Å². The normalized spacial score (nSPS) is 14.7. The van der Waals surface area contributed by atoms with Gasteiger partial charge in [0.15, 0.2) is 0 Å². The van der Waals surface area contributed by atoms with Crippen LogP contribution in [-0.2, 0) is 4.79 Å². The van der Waals surface area contributed by atoms with Gasteiger partial charge in [-0.1, -0.05) is 5.57 Å². The lowest BCUT2D eigenvalue weighted by Gasteiger charge is -2.35. The van der Waals surface area contributed by atoms with Crippen LogP contribution in [0, 0.1) is 17.0 Å². The fourth-order valence-electron chi connectivity index (χ4n) is 2.46. The summed E-state index contributed by atoms with van der Waals surface area (Å²) in [7, 11) is 0. The predicted molar refractivity (Wildman–Crippen MR) is 83.9 cm³/mol. The second-order valence-corrected chi connectivity index (χ2v) is 5.63. The van der Waals surface area contributed by atoms with Gasteiger partial charge in [0.2, 0.25) is 5.91 Å². The molecule has 7 nitrogen and oxygen atoms in total. The first-order valence-corrected chi connectivity index (χ1v) is 7.18. The third-order valence-corrected chi connectivity index (χ3v) is 3.55. The van der Waals surface area contributed by atoms with Gasteiger partial charge in [0.05, 0.1) is 4.92 Å². The zero-order chi connectivity index (χ0) is 16.3. The first-order valence-electron chi connectivity index (χ1n) is 7.18.